The third-order valence-electron chi connectivity index (χ3n) is 1.41. The highest BCUT2D eigenvalue weighted by Gasteiger charge is 2.06. The first-order valence-electron chi connectivity index (χ1n) is 3.67. The molecule has 0 saturated carbocycles. The largest absolute Gasteiger partial charge is 0.313 e. The predicted molar refractivity (Wildman–Crippen MR) is 50.6 cm³/mol. The summed E-state index contributed by atoms with van der Waals surface area (Å²) in [5.74, 6) is -0.550. The van der Waals surface area contributed by atoms with Gasteiger partial charge in [0.15, 0.2) is 11.0 Å². The van der Waals surface area contributed by atoms with Crippen LogP contribution in [0.25, 0.3) is 0 Å². The number of hydrogen-bond donors (Lipinski definition) is 1. The van der Waals surface area contributed by atoms with E-state index in [0.717, 1.165) is 0 Å². The molecule has 1 N–H and O–H groups in total. The van der Waals surface area contributed by atoms with Gasteiger partial charge in [0.1, 0.15) is 0 Å². The number of nitrogens with one attached hydrogen (secondary N) is 1. The number of halogens is 2. The van der Waals surface area contributed by atoms with Gasteiger partial charge in [0.05, 0.1) is 6.21 Å². The van der Waals surface area contributed by atoms with Crippen molar-refractivity contribution in [1.29, 1.82) is 0 Å². The number of hydrazone groups is 1. The van der Waals surface area contributed by atoms with Crippen LogP contribution in [0.1, 0.15) is 11.3 Å². The fourth-order valence-electron chi connectivity index (χ4n) is 0.872. The molecule has 0 bridgehead atoms. The fraction of sp³-hybridized carbons (Fsp3) is 0.250. The first-order valence-corrected chi connectivity index (χ1v) is 4.05. The van der Waals surface area contributed by atoms with Crippen LogP contribution in [0.3, 0.4) is 0 Å². The van der Waals surface area contributed by atoms with E-state index in [9.17, 15) is 4.39 Å². The van der Waals surface area contributed by atoms with E-state index in [4.69, 9.17) is 11.6 Å². The molecule has 0 aromatic carbocycles. The number of nitrogens with zero attached hydrogens (tertiary/aromatic N) is 2. The van der Waals surface area contributed by atoms with Crippen LogP contribution >= 0.6 is 11.6 Å². The highest BCUT2D eigenvalue weighted by Crippen LogP contribution is 2.15. The van der Waals surface area contributed by atoms with Gasteiger partial charge < -0.3 is 5.43 Å². The third kappa shape index (κ3) is 2.39. The molecule has 0 fully saturated rings. The Balaban J connectivity index is 3.12. The summed E-state index contributed by atoms with van der Waals surface area (Å²) in [6.45, 7) is 1.74. The molecular weight excluding hydrogens is 193 g/mol. The number of pyridine rings is 1. The van der Waals surface area contributed by atoms with Gasteiger partial charge in [0, 0.05) is 18.3 Å². The van der Waals surface area contributed by atoms with Crippen molar-refractivity contribution in [2.45, 2.75) is 6.92 Å². The lowest BCUT2D eigenvalue weighted by atomic mass is 10.2. The van der Waals surface area contributed by atoms with Gasteiger partial charge in [0.25, 0.3) is 0 Å². The van der Waals surface area contributed by atoms with Crippen molar-refractivity contribution in [3.63, 3.8) is 0 Å². The van der Waals surface area contributed by atoms with Crippen molar-refractivity contribution in [2.75, 3.05) is 7.05 Å². The molecule has 0 atom stereocenters. The zero-order valence-corrected chi connectivity index (χ0v) is 8.06. The van der Waals surface area contributed by atoms with Gasteiger partial charge in [-0.1, -0.05) is 11.6 Å². The molecule has 1 aromatic heterocycles. The lowest BCUT2D eigenvalue weighted by Gasteiger charge is -2.00. The lowest BCUT2D eigenvalue weighted by Crippen LogP contribution is -1.99. The first-order chi connectivity index (χ1) is 6.15. The Morgan fingerprint density at radius 3 is 3.00 bits per heavy atom. The predicted octanol–water partition coefficient (Wildman–Crippen LogP) is 1.74. The van der Waals surface area contributed by atoms with E-state index >= 15 is 0 Å². The van der Waals surface area contributed by atoms with Crippen LogP contribution in [0.4, 0.5) is 4.39 Å². The van der Waals surface area contributed by atoms with Crippen molar-refractivity contribution >= 4 is 17.8 Å². The van der Waals surface area contributed by atoms with Crippen molar-refractivity contribution in [3.05, 3.63) is 28.3 Å². The molecule has 0 aliphatic carbocycles. The minimum absolute atomic E-state index is 0.127. The van der Waals surface area contributed by atoms with E-state index in [2.05, 4.69) is 15.5 Å². The van der Waals surface area contributed by atoms with Gasteiger partial charge in [-0.25, -0.2) is 9.37 Å². The molecule has 1 rings (SSSR count). The van der Waals surface area contributed by atoms with E-state index < -0.39 is 5.82 Å². The Kier molecular flexibility index (Phi) is 3.19. The SMILES string of the molecule is CN/N=C/c1cc(C)nc(Cl)c1F. The molecule has 0 unspecified atom stereocenters. The van der Waals surface area contributed by atoms with Crippen LogP contribution in [-0.4, -0.2) is 18.2 Å². The Morgan fingerprint density at radius 1 is 1.69 bits per heavy atom. The topological polar surface area (TPSA) is 37.3 Å². The van der Waals surface area contributed by atoms with E-state index in [1.807, 2.05) is 0 Å². The van der Waals surface area contributed by atoms with Crippen LogP contribution < -0.4 is 5.43 Å². The van der Waals surface area contributed by atoms with E-state index in [-0.39, 0.29) is 5.15 Å². The minimum atomic E-state index is -0.550. The van der Waals surface area contributed by atoms with E-state index in [1.54, 1.807) is 20.0 Å². The highest BCUT2D eigenvalue weighted by molar-refractivity contribution is 6.29. The van der Waals surface area contributed by atoms with Gasteiger partial charge in [-0.15, -0.1) is 0 Å². The Labute approximate surface area is 80.6 Å². The summed E-state index contributed by atoms with van der Waals surface area (Å²) in [5, 5.41) is 3.56. The summed E-state index contributed by atoms with van der Waals surface area (Å²) in [7, 11) is 1.63. The smallest absolute Gasteiger partial charge is 0.169 e. The Morgan fingerprint density at radius 2 is 2.38 bits per heavy atom. The van der Waals surface area contributed by atoms with Gasteiger partial charge in [0.2, 0.25) is 0 Å². The molecule has 0 aliphatic heterocycles. The molecule has 0 amide bonds. The second-order valence-corrected chi connectivity index (χ2v) is 2.80. The summed E-state index contributed by atoms with van der Waals surface area (Å²) < 4.78 is 13.2. The van der Waals surface area contributed by atoms with Crippen molar-refractivity contribution in [1.82, 2.24) is 10.4 Å². The molecule has 1 heterocycles. The maximum absolute atomic E-state index is 13.2. The van der Waals surface area contributed by atoms with Gasteiger partial charge in [-0.3, -0.25) is 0 Å². The number of hydrogen-bond acceptors (Lipinski definition) is 3. The van der Waals surface area contributed by atoms with Gasteiger partial charge in [-0.05, 0) is 13.0 Å². The monoisotopic (exact) mass is 201 g/mol. The molecule has 1 aromatic rings. The molecule has 3 nitrogen and oxygen atoms in total. The molecule has 0 spiro atoms. The normalized spacial score (nSPS) is 10.8. The van der Waals surface area contributed by atoms with Gasteiger partial charge >= 0.3 is 0 Å². The summed E-state index contributed by atoms with van der Waals surface area (Å²) in [4.78, 5) is 3.75. The van der Waals surface area contributed by atoms with Crippen LogP contribution in [0.15, 0.2) is 11.2 Å². The van der Waals surface area contributed by atoms with E-state index in [0.29, 0.717) is 11.3 Å². The zero-order valence-electron chi connectivity index (χ0n) is 7.31. The number of aryl methyl sites for hydroxylation is 1. The average Bonchev–Trinajstić information content (AvgIpc) is 2.09. The molecule has 70 valence electrons. The maximum Gasteiger partial charge on any atom is 0.169 e. The molecule has 5 heteroatoms. The maximum atomic E-state index is 13.2. The quantitative estimate of drug-likeness (QED) is 0.450. The fourth-order valence-corrected chi connectivity index (χ4v) is 1.11. The summed E-state index contributed by atoms with van der Waals surface area (Å²) in [6, 6.07) is 1.57. The summed E-state index contributed by atoms with van der Waals surface area (Å²) >= 11 is 5.53. The van der Waals surface area contributed by atoms with E-state index in [1.165, 1.54) is 6.21 Å². The summed E-state index contributed by atoms with van der Waals surface area (Å²) in [6.07, 6.45) is 1.36. The lowest BCUT2D eigenvalue weighted by molar-refractivity contribution is 0.618. The minimum Gasteiger partial charge on any atom is -0.313 e. The second kappa shape index (κ2) is 4.18. The second-order valence-electron chi connectivity index (χ2n) is 2.44. The standard InChI is InChI=1S/C8H9ClFN3/c1-5-3-6(4-12-11-2)7(10)8(9)13-5/h3-4,11H,1-2H3/b12-4+. The van der Waals surface area contributed by atoms with Crippen molar-refractivity contribution < 1.29 is 4.39 Å². The van der Waals surface area contributed by atoms with Gasteiger partial charge in [-0.2, -0.15) is 5.10 Å². The molecule has 0 saturated heterocycles. The third-order valence-corrected chi connectivity index (χ3v) is 1.66. The molecular formula is C8H9ClFN3. The van der Waals surface area contributed by atoms with Crippen molar-refractivity contribution in [2.24, 2.45) is 5.10 Å². The molecule has 0 radical (unpaired) electrons. The number of aromatic nitrogens is 1. The Hall–Kier alpha value is -1.16. The average molecular weight is 202 g/mol. The first kappa shape index (κ1) is 9.92. The molecule has 0 aliphatic rings. The van der Waals surface area contributed by atoms with Crippen molar-refractivity contribution in [3.8, 4) is 0 Å². The van der Waals surface area contributed by atoms with Crippen LogP contribution in [0.2, 0.25) is 5.15 Å². The Bertz CT molecular complexity index is 338. The van der Waals surface area contributed by atoms with Crippen LogP contribution in [-0.2, 0) is 0 Å². The zero-order chi connectivity index (χ0) is 9.84. The highest BCUT2D eigenvalue weighted by atomic mass is 35.5. The number of rotatable bonds is 2. The van der Waals surface area contributed by atoms with Crippen LogP contribution in [0.5, 0.6) is 0 Å². The summed E-state index contributed by atoms with van der Waals surface area (Å²) in [5.41, 5.74) is 3.50. The van der Waals surface area contributed by atoms with Crippen LogP contribution in [0, 0.1) is 12.7 Å². The molecule has 13 heavy (non-hydrogen) atoms.